The number of hydrogen-bond donors (Lipinski definition) is 0. The van der Waals surface area contributed by atoms with Crippen LogP contribution in [0.4, 0.5) is 18.9 Å². The van der Waals surface area contributed by atoms with E-state index >= 15 is 0 Å². The Morgan fingerprint density at radius 3 is 2.14 bits per heavy atom. The van der Waals surface area contributed by atoms with Crippen LogP contribution in [0.2, 0.25) is 0 Å². The zero-order valence-electron chi connectivity index (χ0n) is 11.0. The van der Waals surface area contributed by atoms with Crippen LogP contribution in [0.3, 0.4) is 0 Å². The Hall–Kier alpha value is -2.02. The van der Waals surface area contributed by atoms with E-state index in [0.717, 1.165) is 16.4 Å². The number of hydrogen-bond acceptors (Lipinski definition) is 2. The second kappa shape index (κ2) is 5.40. The van der Waals surface area contributed by atoms with Crippen molar-refractivity contribution in [2.45, 2.75) is 11.1 Å². The summed E-state index contributed by atoms with van der Waals surface area (Å²) in [7, 11) is -2.67. The lowest BCUT2D eigenvalue weighted by Crippen LogP contribution is -2.26. The molecule has 0 fully saturated rings. The third-order valence-electron chi connectivity index (χ3n) is 2.94. The number of benzene rings is 2. The number of nitrogens with zero attached hydrogens (tertiary/aromatic N) is 1. The molecule has 2 aromatic carbocycles. The molecule has 0 saturated carbocycles. The molecule has 21 heavy (non-hydrogen) atoms. The molecule has 7 heteroatoms. The van der Waals surface area contributed by atoms with Crippen LogP contribution in [0.25, 0.3) is 0 Å². The first kappa shape index (κ1) is 15.4. The second-order valence-corrected chi connectivity index (χ2v) is 6.30. The molecule has 2 aromatic rings. The van der Waals surface area contributed by atoms with E-state index in [2.05, 4.69) is 0 Å². The maximum atomic E-state index is 12.7. The van der Waals surface area contributed by atoms with Crippen LogP contribution in [0, 0.1) is 0 Å². The fourth-order valence-corrected chi connectivity index (χ4v) is 2.98. The van der Waals surface area contributed by atoms with Gasteiger partial charge in [-0.1, -0.05) is 24.3 Å². The van der Waals surface area contributed by atoms with Gasteiger partial charge in [0.05, 0.1) is 16.1 Å². The van der Waals surface area contributed by atoms with Gasteiger partial charge >= 0.3 is 6.18 Å². The van der Waals surface area contributed by atoms with Gasteiger partial charge in [0.15, 0.2) is 0 Å². The molecule has 0 unspecified atom stereocenters. The molecule has 0 amide bonds. The third-order valence-corrected chi connectivity index (χ3v) is 4.74. The first-order valence-electron chi connectivity index (χ1n) is 5.94. The van der Waals surface area contributed by atoms with E-state index in [9.17, 15) is 21.6 Å². The molecule has 0 saturated heterocycles. The van der Waals surface area contributed by atoms with Crippen LogP contribution in [0.5, 0.6) is 0 Å². The van der Waals surface area contributed by atoms with Crippen molar-refractivity contribution in [2.75, 3.05) is 11.4 Å². The van der Waals surface area contributed by atoms with Gasteiger partial charge in [-0.15, -0.1) is 0 Å². The van der Waals surface area contributed by atoms with Gasteiger partial charge in [-0.2, -0.15) is 13.2 Å². The minimum atomic E-state index is -4.52. The number of halogens is 3. The normalized spacial score (nSPS) is 12.2. The topological polar surface area (TPSA) is 37.4 Å². The lowest BCUT2D eigenvalue weighted by atomic mass is 10.2. The predicted octanol–water partition coefficient (Wildman–Crippen LogP) is 3.53. The minimum Gasteiger partial charge on any atom is -0.269 e. The van der Waals surface area contributed by atoms with E-state index in [1.165, 1.54) is 31.3 Å². The van der Waals surface area contributed by atoms with Crippen LogP contribution in [0.1, 0.15) is 5.56 Å². The average Bonchev–Trinajstić information content (AvgIpc) is 2.46. The van der Waals surface area contributed by atoms with E-state index in [1.54, 1.807) is 18.2 Å². The molecule has 0 bridgehead atoms. The van der Waals surface area contributed by atoms with Crippen LogP contribution in [-0.4, -0.2) is 15.5 Å². The standard InChI is InChI=1S/C14H12F3NO2S/c1-18(21(19,20)13-8-3-2-4-9-13)12-7-5-6-11(10-12)14(15,16)17/h2-10H,1H3. The van der Waals surface area contributed by atoms with Crippen molar-refractivity contribution in [2.24, 2.45) is 0 Å². The quantitative estimate of drug-likeness (QED) is 0.869. The van der Waals surface area contributed by atoms with Crippen LogP contribution < -0.4 is 4.31 Å². The Morgan fingerprint density at radius 1 is 0.952 bits per heavy atom. The molecule has 0 atom stereocenters. The van der Waals surface area contributed by atoms with Crippen molar-refractivity contribution in [3.63, 3.8) is 0 Å². The summed E-state index contributed by atoms with van der Waals surface area (Å²) in [4.78, 5) is 0.0184. The summed E-state index contributed by atoms with van der Waals surface area (Å²) in [6, 6.07) is 11.7. The zero-order valence-corrected chi connectivity index (χ0v) is 11.8. The maximum Gasteiger partial charge on any atom is 0.416 e. The maximum absolute atomic E-state index is 12.7. The third kappa shape index (κ3) is 3.18. The molecule has 0 aromatic heterocycles. The summed E-state index contributed by atoms with van der Waals surface area (Å²) in [5.74, 6) is 0. The number of anilines is 1. The fraction of sp³-hybridized carbons (Fsp3) is 0.143. The monoisotopic (exact) mass is 315 g/mol. The summed E-state index contributed by atoms with van der Waals surface area (Å²) in [6.07, 6.45) is -4.52. The molecule has 0 radical (unpaired) electrons. The summed E-state index contributed by atoms with van der Waals surface area (Å²) in [5.41, 5.74) is -0.941. The van der Waals surface area contributed by atoms with E-state index in [1.807, 2.05) is 0 Å². The van der Waals surface area contributed by atoms with Crippen molar-refractivity contribution in [3.05, 3.63) is 60.2 Å². The van der Waals surface area contributed by atoms with Crippen LogP contribution in [0.15, 0.2) is 59.5 Å². The van der Waals surface area contributed by atoms with E-state index in [-0.39, 0.29) is 10.6 Å². The lowest BCUT2D eigenvalue weighted by Gasteiger charge is -2.20. The second-order valence-electron chi connectivity index (χ2n) is 4.33. The Balaban J connectivity index is 2.43. The molecule has 0 aliphatic heterocycles. The first-order chi connectivity index (χ1) is 9.73. The number of rotatable bonds is 3. The van der Waals surface area contributed by atoms with Crippen molar-refractivity contribution < 1.29 is 21.6 Å². The lowest BCUT2D eigenvalue weighted by molar-refractivity contribution is -0.137. The average molecular weight is 315 g/mol. The largest absolute Gasteiger partial charge is 0.416 e. The van der Waals surface area contributed by atoms with Crippen LogP contribution in [-0.2, 0) is 16.2 Å². The van der Waals surface area contributed by atoms with Gasteiger partial charge < -0.3 is 0 Å². The molecular weight excluding hydrogens is 303 g/mol. The molecule has 2 rings (SSSR count). The Morgan fingerprint density at radius 2 is 1.57 bits per heavy atom. The van der Waals surface area contributed by atoms with E-state index < -0.39 is 21.8 Å². The van der Waals surface area contributed by atoms with E-state index in [0.29, 0.717) is 0 Å². The SMILES string of the molecule is CN(c1cccc(C(F)(F)F)c1)S(=O)(=O)c1ccccc1. The molecular formula is C14H12F3NO2S. The van der Waals surface area contributed by atoms with Crippen molar-refractivity contribution in [3.8, 4) is 0 Å². The van der Waals surface area contributed by atoms with Crippen molar-refractivity contribution >= 4 is 15.7 Å². The Bertz CT molecular complexity index is 727. The molecule has 112 valence electrons. The summed E-state index contributed by atoms with van der Waals surface area (Å²) in [5, 5.41) is 0. The highest BCUT2D eigenvalue weighted by molar-refractivity contribution is 7.92. The molecule has 0 N–H and O–H groups in total. The van der Waals surface area contributed by atoms with Gasteiger partial charge in [0, 0.05) is 7.05 Å². The molecule has 0 aliphatic rings. The smallest absolute Gasteiger partial charge is 0.269 e. The molecule has 3 nitrogen and oxygen atoms in total. The van der Waals surface area contributed by atoms with Crippen molar-refractivity contribution in [1.82, 2.24) is 0 Å². The Labute approximate surface area is 120 Å². The fourth-order valence-electron chi connectivity index (χ4n) is 1.77. The number of alkyl halides is 3. The minimum absolute atomic E-state index is 0.0184. The predicted molar refractivity (Wildman–Crippen MR) is 73.5 cm³/mol. The summed E-state index contributed by atoms with van der Waals surface area (Å²) in [6.45, 7) is 0. The van der Waals surface area contributed by atoms with Crippen LogP contribution >= 0.6 is 0 Å². The molecule has 0 heterocycles. The van der Waals surface area contributed by atoms with Gasteiger partial charge in [-0.05, 0) is 30.3 Å². The highest BCUT2D eigenvalue weighted by Crippen LogP contribution is 2.32. The van der Waals surface area contributed by atoms with Gasteiger partial charge in [0.1, 0.15) is 0 Å². The Kier molecular flexibility index (Phi) is 3.95. The van der Waals surface area contributed by atoms with Crippen molar-refractivity contribution in [1.29, 1.82) is 0 Å². The summed E-state index contributed by atoms with van der Waals surface area (Å²) < 4.78 is 63.6. The van der Waals surface area contributed by atoms with Gasteiger partial charge in [-0.25, -0.2) is 8.42 Å². The van der Waals surface area contributed by atoms with E-state index in [4.69, 9.17) is 0 Å². The first-order valence-corrected chi connectivity index (χ1v) is 7.38. The number of sulfonamides is 1. The highest BCUT2D eigenvalue weighted by Gasteiger charge is 2.31. The molecule has 0 aliphatic carbocycles. The zero-order chi connectivity index (χ0) is 15.7. The van der Waals surface area contributed by atoms with Gasteiger partial charge in [0.2, 0.25) is 0 Å². The highest BCUT2D eigenvalue weighted by atomic mass is 32.2. The van der Waals surface area contributed by atoms with Gasteiger partial charge in [0.25, 0.3) is 10.0 Å². The molecule has 0 spiro atoms. The summed E-state index contributed by atoms with van der Waals surface area (Å²) >= 11 is 0. The van der Waals surface area contributed by atoms with Gasteiger partial charge in [-0.3, -0.25) is 4.31 Å².